The van der Waals surface area contributed by atoms with E-state index < -0.39 is 17.5 Å². The van der Waals surface area contributed by atoms with E-state index in [9.17, 15) is 13.2 Å². The maximum atomic E-state index is 13.0. The van der Waals surface area contributed by atoms with E-state index in [4.69, 9.17) is 5.11 Å². The Kier molecular flexibility index (Phi) is 3.15. The van der Waals surface area contributed by atoms with Crippen LogP contribution in [0.4, 0.5) is 13.2 Å². The van der Waals surface area contributed by atoms with E-state index in [1.807, 2.05) is 0 Å². The number of hydrogen-bond acceptors (Lipinski definition) is 1. The fourth-order valence-electron chi connectivity index (χ4n) is 1.57. The molecule has 4 heteroatoms. The summed E-state index contributed by atoms with van der Waals surface area (Å²) >= 11 is 0. The van der Waals surface area contributed by atoms with Crippen LogP contribution in [-0.4, -0.2) is 5.11 Å². The first-order chi connectivity index (χ1) is 8.11. The molecule has 0 bridgehead atoms. The zero-order valence-electron chi connectivity index (χ0n) is 8.75. The van der Waals surface area contributed by atoms with Gasteiger partial charge >= 0.3 is 0 Å². The highest BCUT2D eigenvalue weighted by molar-refractivity contribution is 5.64. The molecule has 1 N–H and O–H groups in total. The zero-order valence-corrected chi connectivity index (χ0v) is 8.75. The topological polar surface area (TPSA) is 20.2 Å². The molecule has 1 nitrogen and oxygen atoms in total. The van der Waals surface area contributed by atoms with Gasteiger partial charge in [-0.2, -0.15) is 0 Å². The van der Waals surface area contributed by atoms with E-state index in [1.54, 1.807) is 24.3 Å². The minimum atomic E-state index is -1.48. The lowest BCUT2D eigenvalue weighted by Gasteiger charge is -2.05. The number of aliphatic hydroxyl groups is 1. The molecule has 0 aliphatic carbocycles. The van der Waals surface area contributed by atoms with Crippen LogP contribution in [0.3, 0.4) is 0 Å². The van der Waals surface area contributed by atoms with Gasteiger partial charge in [-0.05, 0) is 34.9 Å². The molecule has 0 radical (unpaired) electrons. The molecule has 0 amide bonds. The van der Waals surface area contributed by atoms with Crippen molar-refractivity contribution in [2.75, 3.05) is 0 Å². The normalized spacial score (nSPS) is 10.6. The Hall–Kier alpha value is -1.81. The molecule has 0 heterocycles. The first-order valence-corrected chi connectivity index (χ1v) is 4.96. The lowest BCUT2D eigenvalue weighted by atomic mass is 10.0. The average Bonchev–Trinajstić information content (AvgIpc) is 2.35. The molecule has 0 saturated carbocycles. The molecule has 0 atom stereocenters. The van der Waals surface area contributed by atoms with Crippen LogP contribution in [0.2, 0.25) is 0 Å². The average molecular weight is 238 g/mol. The van der Waals surface area contributed by atoms with Crippen molar-refractivity contribution in [3.63, 3.8) is 0 Å². The van der Waals surface area contributed by atoms with Gasteiger partial charge in [0.2, 0.25) is 0 Å². The molecule has 0 spiro atoms. The van der Waals surface area contributed by atoms with Crippen LogP contribution in [0.15, 0.2) is 36.4 Å². The van der Waals surface area contributed by atoms with E-state index in [0.29, 0.717) is 11.1 Å². The van der Waals surface area contributed by atoms with Crippen molar-refractivity contribution in [2.24, 2.45) is 0 Å². The summed E-state index contributed by atoms with van der Waals surface area (Å²) in [5, 5.41) is 8.95. The highest BCUT2D eigenvalue weighted by Crippen LogP contribution is 2.24. The second kappa shape index (κ2) is 4.59. The van der Waals surface area contributed by atoms with Gasteiger partial charge in [-0.15, -0.1) is 0 Å². The quantitative estimate of drug-likeness (QED) is 0.796. The van der Waals surface area contributed by atoms with Crippen molar-refractivity contribution in [2.45, 2.75) is 6.61 Å². The third-order valence-corrected chi connectivity index (χ3v) is 2.43. The van der Waals surface area contributed by atoms with Crippen molar-refractivity contribution >= 4 is 0 Å². The van der Waals surface area contributed by atoms with E-state index >= 15 is 0 Å². The standard InChI is InChI=1S/C13H9F3O/c14-11-5-10(6-12(15)13(11)16)9-3-1-2-8(4-9)7-17/h1-6,17H,7H2. The van der Waals surface area contributed by atoms with Crippen LogP contribution < -0.4 is 0 Å². The van der Waals surface area contributed by atoms with Crippen molar-refractivity contribution in [3.8, 4) is 11.1 Å². The number of benzene rings is 2. The summed E-state index contributed by atoms with van der Waals surface area (Å²) in [6.45, 7) is -0.167. The van der Waals surface area contributed by atoms with Crippen LogP contribution in [-0.2, 0) is 6.61 Å². The van der Waals surface area contributed by atoms with E-state index in [-0.39, 0.29) is 12.2 Å². The van der Waals surface area contributed by atoms with Gasteiger partial charge in [0.1, 0.15) is 0 Å². The predicted molar refractivity (Wildman–Crippen MR) is 57.7 cm³/mol. The molecule has 0 aliphatic rings. The second-order valence-electron chi connectivity index (χ2n) is 3.61. The highest BCUT2D eigenvalue weighted by Gasteiger charge is 2.11. The molecular weight excluding hydrogens is 229 g/mol. The molecule has 2 aromatic rings. The van der Waals surface area contributed by atoms with Gasteiger partial charge in [-0.3, -0.25) is 0 Å². The Morgan fingerprint density at radius 3 is 2.12 bits per heavy atom. The fourth-order valence-corrected chi connectivity index (χ4v) is 1.57. The Morgan fingerprint density at radius 1 is 0.882 bits per heavy atom. The first kappa shape index (κ1) is 11.7. The Morgan fingerprint density at radius 2 is 1.53 bits per heavy atom. The minimum Gasteiger partial charge on any atom is -0.392 e. The second-order valence-corrected chi connectivity index (χ2v) is 3.61. The van der Waals surface area contributed by atoms with Crippen LogP contribution in [0, 0.1) is 17.5 Å². The summed E-state index contributed by atoms with van der Waals surface area (Å²) in [5.41, 5.74) is 1.37. The van der Waals surface area contributed by atoms with Gasteiger partial charge in [0.25, 0.3) is 0 Å². The fraction of sp³-hybridized carbons (Fsp3) is 0.0769. The lowest BCUT2D eigenvalue weighted by molar-refractivity contribution is 0.282. The third-order valence-electron chi connectivity index (χ3n) is 2.43. The van der Waals surface area contributed by atoms with Crippen molar-refractivity contribution in [1.82, 2.24) is 0 Å². The maximum Gasteiger partial charge on any atom is 0.194 e. The number of halogens is 3. The predicted octanol–water partition coefficient (Wildman–Crippen LogP) is 3.26. The van der Waals surface area contributed by atoms with Gasteiger partial charge in [0.15, 0.2) is 17.5 Å². The molecule has 0 fully saturated rings. The van der Waals surface area contributed by atoms with Crippen LogP contribution in [0.25, 0.3) is 11.1 Å². The van der Waals surface area contributed by atoms with Gasteiger partial charge in [-0.25, -0.2) is 13.2 Å². The summed E-state index contributed by atoms with van der Waals surface area (Å²) < 4.78 is 38.9. The van der Waals surface area contributed by atoms with Crippen molar-refractivity contribution in [3.05, 3.63) is 59.4 Å². The summed E-state index contributed by atoms with van der Waals surface area (Å²) in [6, 6.07) is 8.40. The molecule has 0 unspecified atom stereocenters. The van der Waals surface area contributed by atoms with E-state index in [1.165, 1.54) is 0 Å². The summed E-state index contributed by atoms with van der Waals surface area (Å²) in [5.74, 6) is -3.93. The SMILES string of the molecule is OCc1cccc(-c2cc(F)c(F)c(F)c2)c1. The maximum absolute atomic E-state index is 13.0. The van der Waals surface area contributed by atoms with Gasteiger partial charge in [0, 0.05) is 0 Å². The molecule has 2 rings (SSSR count). The largest absolute Gasteiger partial charge is 0.392 e. The number of hydrogen-bond donors (Lipinski definition) is 1. The molecular formula is C13H9F3O. The Labute approximate surface area is 96.1 Å². The van der Waals surface area contributed by atoms with E-state index in [0.717, 1.165) is 12.1 Å². The van der Waals surface area contributed by atoms with E-state index in [2.05, 4.69) is 0 Å². The zero-order chi connectivity index (χ0) is 12.4. The van der Waals surface area contributed by atoms with Crippen LogP contribution in [0.1, 0.15) is 5.56 Å². The van der Waals surface area contributed by atoms with Crippen LogP contribution in [0.5, 0.6) is 0 Å². The van der Waals surface area contributed by atoms with Gasteiger partial charge in [0.05, 0.1) is 6.61 Å². The number of aliphatic hydroxyl groups excluding tert-OH is 1. The van der Waals surface area contributed by atoms with Crippen molar-refractivity contribution in [1.29, 1.82) is 0 Å². The third kappa shape index (κ3) is 2.31. The molecule has 17 heavy (non-hydrogen) atoms. The van der Waals surface area contributed by atoms with Crippen molar-refractivity contribution < 1.29 is 18.3 Å². The van der Waals surface area contributed by atoms with Crippen LogP contribution >= 0.6 is 0 Å². The summed E-state index contributed by atoms with van der Waals surface area (Å²) in [7, 11) is 0. The molecule has 2 aromatic carbocycles. The summed E-state index contributed by atoms with van der Waals surface area (Å²) in [6.07, 6.45) is 0. The lowest BCUT2D eigenvalue weighted by Crippen LogP contribution is -1.92. The molecule has 0 aromatic heterocycles. The first-order valence-electron chi connectivity index (χ1n) is 4.96. The van der Waals surface area contributed by atoms with Gasteiger partial charge < -0.3 is 5.11 Å². The summed E-state index contributed by atoms with van der Waals surface area (Å²) in [4.78, 5) is 0. The monoisotopic (exact) mass is 238 g/mol. The van der Waals surface area contributed by atoms with Gasteiger partial charge in [-0.1, -0.05) is 18.2 Å². The molecule has 0 aliphatic heterocycles. The Bertz CT molecular complexity index is 529. The molecule has 88 valence electrons. The minimum absolute atomic E-state index is 0.167. The highest BCUT2D eigenvalue weighted by atomic mass is 19.2. The Balaban J connectivity index is 2.52. The molecule has 0 saturated heterocycles. The number of rotatable bonds is 2. The smallest absolute Gasteiger partial charge is 0.194 e.